The molecule has 0 aliphatic heterocycles. The number of benzene rings is 2. The highest BCUT2D eigenvalue weighted by Gasteiger charge is 2.06. The number of likely N-dealkylation sites (N-methyl/N-ethyl adjacent to an activating group) is 1. The molecule has 5 nitrogen and oxygen atoms in total. The van der Waals surface area contributed by atoms with Gasteiger partial charge >= 0.3 is 0 Å². The average molecular weight is 339 g/mol. The highest BCUT2D eigenvalue weighted by Crippen LogP contribution is 2.12. The van der Waals surface area contributed by atoms with Gasteiger partial charge in [0.2, 0.25) is 0 Å². The Balaban J connectivity index is 1.59. The molecule has 132 valence electrons. The number of ether oxygens (including phenoxy) is 1. The van der Waals surface area contributed by atoms with Crippen LogP contribution in [0.1, 0.15) is 11.1 Å². The van der Waals surface area contributed by atoms with E-state index < -0.39 is 6.10 Å². The van der Waals surface area contributed by atoms with Gasteiger partial charge < -0.3 is 20.1 Å². The van der Waals surface area contributed by atoms with E-state index in [4.69, 9.17) is 10.00 Å². The van der Waals surface area contributed by atoms with E-state index in [0.29, 0.717) is 17.9 Å². The number of hydrogen-bond acceptors (Lipinski definition) is 5. The van der Waals surface area contributed by atoms with Crippen LogP contribution in [-0.4, -0.2) is 49.4 Å². The van der Waals surface area contributed by atoms with Gasteiger partial charge in [-0.05, 0) is 30.8 Å². The van der Waals surface area contributed by atoms with Crippen molar-refractivity contribution in [1.82, 2.24) is 10.2 Å². The second kappa shape index (κ2) is 10.5. The van der Waals surface area contributed by atoms with Crippen LogP contribution in [0.4, 0.5) is 0 Å². The van der Waals surface area contributed by atoms with E-state index in [1.165, 1.54) is 5.56 Å². The Morgan fingerprint density at radius 2 is 2.00 bits per heavy atom. The molecule has 2 rings (SSSR count). The topological polar surface area (TPSA) is 68.5 Å². The maximum Gasteiger partial charge on any atom is 0.120 e. The summed E-state index contributed by atoms with van der Waals surface area (Å²) in [7, 11) is 2.08. The largest absolute Gasteiger partial charge is 0.491 e. The minimum absolute atomic E-state index is 0.196. The zero-order chi connectivity index (χ0) is 17.9. The zero-order valence-electron chi connectivity index (χ0n) is 14.6. The predicted octanol–water partition coefficient (Wildman–Crippen LogP) is 2.02. The quantitative estimate of drug-likeness (QED) is 0.648. The van der Waals surface area contributed by atoms with Crippen molar-refractivity contribution >= 4 is 0 Å². The lowest BCUT2D eigenvalue weighted by Gasteiger charge is -2.18. The Labute approximate surface area is 149 Å². The van der Waals surface area contributed by atoms with Gasteiger partial charge in [-0.3, -0.25) is 0 Å². The number of rotatable bonds is 10. The fourth-order valence-corrected chi connectivity index (χ4v) is 2.42. The predicted molar refractivity (Wildman–Crippen MR) is 98.3 cm³/mol. The zero-order valence-corrected chi connectivity index (χ0v) is 14.6. The average Bonchev–Trinajstić information content (AvgIpc) is 2.64. The smallest absolute Gasteiger partial charge is 0.120 e. The molecule has 0 bridgehead atoms. The third-order valence-electron chi connectivity index (χ3n) is 3.75. The molecule has 25 heavy (non-hydrogen) atoms. The molecule has 2 aromatic rings. The third kappa shape index (κ3) is 7.36. The molecule has 0 radical (unpaired) electrons. The summed E-state index contributed by atoms with van der Waals surface area (Å²) in [4.78, 5) is 2.23. The first kappa shape index (κ1) is 18.9. The van der Waals surface area contributed by atoms with Crippen molar-refractivity contribution in [3.05, 3.63) is 65.7 Å². The monoisotopic (exact) mass is 339 g/mol. The second-order valence-corrected chi connectivity index (χ2v) is 6.03. The number of hydrogen-bond donors (Lipinski definition) is 2. The summed E-state index contributed by atoms with van der Waals surface area (Å²) in [6.07, 6.45) is -0.592. The summed E-state index contributed by atoms with van der Waals surface area (Å²) in [5, 5.41) is 22.1. The Bertz CT molecular complexity index is 670. The molecule has 1 unspecified atom stereocenters. The minimum atomic E-state index is -0.592. The van der Waals surface area contributed by atoms with Crippen LogP contribution >= 0.6 is 0 Å². The van der Waals surface area contributed by atoms with Crippen molar-refractivity contribution < 1.29 is 9.84 Å². The van der Waals surface area contributed by atoms with Crippen molar-refractivity contribution in [1.29, 1.82) is 5.26 Å². The summed E-state index contributed by atoms with van der Waals surface area (Å²) in [5.74, 6) is 0.598. The Hall–Kier alpha value is -2.39. The van der Waals surface area contributed by atoms with Crippen molar-refractivity contribution in [2.75, 3.05) is 33.3 Å². The molecule has 0 fully saturated rings. The molecule has 1 atom stereocenters. The van der Waals surface area contributed by atoms with E-state index in [-0.39, 0.29) is 6.61 Å². The number of aliphatic hydroxyl groups is 1. The molecule has 2 N–H and O–H groups in total. The Kier molecular flexibility index (Phi) is 7.93. The van der Waals surface area contributed by atoms with Gasteiger partial charge in [0.15, 0.2) is 0 Å². The van der Waals surface area contributed by atoms with Gasteiger partial charge in [0, 0.05) is 26.2 Å². The summed E-state index contributed by atoms with van der Waals surface area (Å²) in [6, 6.07) is 19.3. The number of aliphatic hydroxyl groups excluding tert-OH is 1. The van der Waals surface area contributed by atoms with E-state index in [9.17, 15) is 5.11 Å². The number of nitriles is 1. The van der Waals surface area contributed by atoms with Crippen LogP contribution < -0.4 is 10.1 Å². The van der Waals surface area contributed by atoms with E-state index >= 15 is 0 Å². The highest BCUT2D eigenvalue weighted by atomic mass is 16.5. The van der Waals surface area contributed by atoms with Crippen LogP contribution in [-0.2, 0) is 6.54 Å². The van der Waals surface area contributed by atoms with Crippen molar-refractivity contribution in [2.24, 2.45) is 0 Å². The van der Waals surface area contributed by atoms with Crippen LogP contribution in [0.25, 0.3) is 0 Å². The first-order chi connectivity index (χ1) is 12.2. The van der Waals surface area contributed by atoms with Gasteiger partial charge in [0.1, 0.15) is 18.5 Å². The van der Waals surface area contributed by atoms with Gasteiger partial charge in [-0.1, -0.05) is 36.4 Å². The van der Waals surface area contributed by atoms with Crippen LogP contribution in [0.3, 0.4) is 0 Å². The molecule has 0 aliphatic rings. The third-order valence-corrected chi connectivity index (χ3v) is 3.75. The maximum atomic E-state index is 9.97. The lowest BCUT2D eigenvalue weighted by molar-refractivity contribution is 0.106. The van der Waals surface area contributed by atoms with Crippen LogP contribution in [0, 0.1) is 11.3 Å². The molecule has 5 heteroatoms. The molecule has 0 aliphatic carbocycles. The fraction of sp³-hybridized carbons (Fsp3) is 0.350. The first-order valence-electron chi connectivity index (χ1n) is 8.41. The summed E-state index contributed by atoms with van der Waals surface area (Å²) < 4.78 is 5.52. The molecule has 0 saturated carbocycles. The van der Waals surface area contributed by atoms with Crippen molar-refractivity contribution in [2.45, 2.75) is 12.6 Å². The van der Waals surface area contributed by atoms with Gasteiger partial charge in [-0.2, -0.15) is 5.26 Å². The minimum Gasteiger partial charge on any atom is -0.491 e. The Morgan fingerprint density at radius 3 is 2.76 bits per heavy atom. The summed E-state index contributed by atoms with van der Waals surface area (Å²) in [6.45, 7) is 3.26. The number of nitrogens with zero attached hydrogens (tertiary/aromatic N) is 2. The van der Waals surface area contributed by atoms with Crippen molar-refractivity contribution in [3.63, 3.8) is 0 Å². The molecule has 2 aromatic carbocycles. The van der Waals surface area contributed by atoms with E-state index in [1.54, 1.807) is 24.3 Å². The summed E-state index contributed by atoms with van der Waals surface area (Å²) >= 11 is 0. The normalized spacial score (nSPS) is 11.9. The fourth-order valence-electron chi connectivity index (χ4n) is 2.42. The molecular formula is C20H25N3O2. The molecule has 0 spiro atoms. The van der Waals surface area contributed by atoms with Crippen LogP contribution in [0.15, 0.2) is 54.6 Å². The molecule has 0 heterocycles. The SMILES string of the molecule is CN(CCNCC(O)COc1cccc(C#N)c1)Cc1ccccc1. The molecule has 0 amide bonds. The van der Waals surface area contributed by atoms with Crippen molar-refractivity contribution in [3.8, 4) is 11.8 Å². The van der Waals surface area contributed by atoms with Gasteiger partial charge in [0.25, 0.3) is 0 Å². The summed E-state index contributed by atoms with van der Waals surface area (Å²) in [5.41, 5.74) is 1.84. The van der Waals surface area contributed by atoms with E-state index in [1.807, 2.05) is 18.2 Å². The standard InChI is InChI=1S/C20H25N3O2/c1-23(15-17-6-3-2-4-7-17)11-10-22-14-19(24)16-25-20-9-5-8-18(12-20)13-21/h2-9,12,19,22,24H,10-11,14-16H2,1H3. The Morgan fingerprint density at radius 1 is 1.20 bits per heavy atom. The lowest BCUT2D eigenvalue weighted by atomic mass is 10.2. The van der Waals surface area contributed by atoms with Gasteiger partial charge in [-0.25, -0.2) is 0 Å². The number of nitrogens with one attached hydrogen (secondary N) is 1. The van der Waals surface area contributed by atoms with E-state index in [0.717, 1.165) is 19.6 Å². The van der Waals surface area contributed by atoms with Gasteiger partial charge in [0.05, 0.1) is 11.6 Å². The van der Waals surface area contributed by atoms with Crippen LogP contribution in [0.5, 0.6) is 5.75 Å². The first-order valence-corrected chi connectivity index (χ1v) is 8.41. The molecule has 0 aromatic heterocycles. The van der Waals surface area contributed by atoms with E-state index in [2.05, 4.69) is 35.5 Å². The highest BCUT2D eigenvalue weighted by molar-refractivity contribution is 5.36. The van der Waals surface area contributed by atoms with Gasteiger partial charge in [-0.15, -0.1) is 0 Å². The molecular weight excluding hydrogens is 314 g/mol. The van der Waals surface area contributed by atoms with Crippen LogP contribution in [0.2, 0.25) is 0 Å². The lowest BCUT2D eigenvalue weighted by Crippen LogP contribution is -2.36. The molecule has 0 saturated heterocycles. The maximum absolute atomic E-state index is 9.97. The second-order valence-electron chi connectivity index (χ2n) is 6.03.